The van der Waals surface area contributed by atoms with Crippen LogP contribution < -0.4 is 0 Å². The minimum absolute atomic E-state index is 0.242. The van der Waals surface area contributed by atoms with Gasteiger partial charge < -0.3 is 4.57 Å². The maximum Gasteiger partial charge on any atom is 0.416 e. The van der Waals surface area contributed by atoms with E-state index in [0.717, 1.165) is 45.6 Å². The van der Waals surface area contributed by atoms with E-state index >= 15 is 0 Å². The Kier molecular flexibility index (Phi) is 11.8. The quantitative estimate of drug-likeness (QED) is 0.134. The maximum absolute atomic E-state index is 14.3. The molecule has 364 valence electrons. The predicted molar refractivity (Wildman–Crippen MR) is 282 cm³/mol. The summed E-state index contributed by atoms with van der Waals surface area (Å²) in [6.45, 7) is 0. The number of fused-ring (bicyclic) bond motifs is 3. The van der Waals surface area contributed by atoms with Crippen LogP contribution in [-0.2, 0) is 6.18 Å². The average Bonchev–Trinajstić information content (AvgIpc) is 3.80. The summed E-state index contributed by atoms with van der Waals surface area (Å²) in [7, 11) is 0. The molecule has 3 heterocycles. The van der Waals surface area contributed by atoms with Crippen LogP contribution >= 0.6 is 0 Å². The van der Waals surface area contributed by atoms with Crippen LogP contribution in [0.1, 0.15) is 17.5 Å². The van der Waals surface area contributed by atoms with Crippen molar-refractivity contribution in [1.29, 1.82) is 0 Å². The second-order valence-corrected chi connectivity index (χ2v) is 18.1. The van der Waals surface area contributed by atoms with Crippen molar-refractivity contribution in [3.63, 3.8) is 0 Å². The van der Waals surface area contributed by atoms with Gasteiger partial charge in [-0.3, -0.25) is 0 Å². The SMILES string of the molecule is FC(F)(F)c1ccc(-c2cc(-c3nc(-c4ccccc4)nc(-c4ccccc4)n3)cc(C3=CCC(C(F)(F)F)C=C3)c2-n2c3ccccc3c3cc(-c4nc(-c5ccccc5)nc(-c5ccccc5)n4)ccc32)cc1. The van der Waals surface area contributed by atoms with Gasteiger partial charge in [0, 0.05) is 55.3 Å². The summed E-state index contributed by atoms with van der Waals surface area (Å²) in [5.41, 5.74) is 7.11. The van der Waals surface area contributed by atoms with Crippen molar-refractivity contribution in [3.05, 3.63) is 230 Å². The Bertz CT molecular complexity index is 3870. The van der Waals surface area contributed by atoms with Crippen molar-refractivity contribution >= 4 is 27.4 Å². The highest BCUT2D eigenvalue weighted by molar-refractivity contribution is 6.11. The third-order valence-corrected chi connectivity index (χ3v) is 13.3. The van der Waals surface area contributed by atoms with Crippen molar-refractivity contribution in [2.24, 2.45) is 5.92 Å². The normalized spacial score (nSPS) is 13.8. The molecule has 1 aliphatic rings. The van der Waals surface area contributed by atoms with E-state index in [0.29, 0.717) is 84.8 Å². The molecule has 0 N–H and O–H groups in total. The lowest BCUT2D eigenvalue weighted by atomic mass is 9.88. The first-order chi connectivity index (χ1) is 36.4. The number of alkyl halides is 6. The fourth-order valence-corrected chi connectivity index (χ4v) is 9.57. The minimum Gasteiger partial charge on any atom is -0.308 e. The Balaban J connectivity index is 1.14. The molecule has 0 saturated heterocycles. The lowest BCUT2D eigenvalue weighted by Crippen LogP contribution is -2.21. The fourth-order valence-electron chi connectivity index (χ4n) is 9.57. The maximum atomic E-state index is 14.3. The van der Waals surface area contributed by atoms with Crippen LogP contribution in [0.4, 0.5) is 26.3 Å². The third-order valence-electron chi connectivity index (χ3n) is 13.3. The van der Waals surface area contributed by atoms with Gasteiger partial charge in [-0.2, -0.15) is 26.3 Å². The molecule has 7 nitrogen and oxygen atoms in total. The second-order valence-electron chi connectivity index (χ2n) is 18.1. The molecule has 1 aliphatic carbocycles. The lowest BCUT2D eigenvalue weighted by Gasteiger charge is -2.24. The fraction of sp³-hybridized carbons (Fsp3) is 0.0645. The molecule has 0 amide bonds. The molecule has 0 spiro atoms. The predicted octanol–water partition coefficient (Wildman–Crippen LogP) is 16.4. The third kappa shape index (κ3) is 9.13. The Morgan fingerprint density at radius 1 is 0.387 bits per heavy atom. The number of halogens is 6. The van der Waals surface area contributed by atoms with Crippen molar-refractivity contribution in [3.8, 4) is 85.1 Å². The van der Waals surface area contributed by atoms with Gasteiger partial charge in [-0.15, -0.1) is 0 Å². The Morgan fingerprint density at radius 2 is 0.813 bits per heavy atom. The summed E-state index contributed by atoms with van der Waals surface area (Å²) in [6.07, 6.45) is -5.26. The standard InChI is InChI=1S/C62H39F6N7/c63-61(64,65)46-30-25-38(26-31-46)49-36-45(60-73-57(42-19-9-3-10-20-42)70-58(74-60)43-21-11-4-12-22-43)37-50(39-27-32-47(33-28-39)62(66,67)68)54(49)75-52-24-14-13-23-48(52)51-35-44(29-34-53(51)75)59-71-55(40-15-5-1-6-16-40)69-56(72-59)41-17-7-2-8-18-41/h1-32,34-37,47H,33H2. The van der Waals surface area contributed by atoms with Crippen molar-refractivity contribution in [2.45, 2.75) is 18.8 Å². The van der Waals surface area contributed by atoms with Gasteiger partial charge in [0.15, 0.2) is 34.9 Å². The summed E-state index contributed by atoms with van der Waals surface area (Å²) < 4.78 is 87.9. The van der Waals surface area contributed by atoms with E-state index < -0.39 is 23.8 Å². The molecule has 0 fully saturated rings. The van der Waals surface area contributed by atoms with Gasteiger partial charge in [0.05, 0.1) is 28.2 Å². The van der Waals surface area contributed by atoms with Gasteiger partial charge in [-0.1, -0.05) is 170 Å². The second kappa shape index (κ2) is 18.9. The highest BCUT2D eigenvalue weighted by Crippen LogP contribution is 2.46. The Hall–Kier alpha value is -9.36. The molecule has 1 unspecified atom stereocenters. The number of aromatic nitrogens is 7. The molecule has 0 saturated carbocycles. The molecule has 0 bridgehead atoms. The summed E-state index contributed by atoms with van der Waals surface area (Å²) in [6, 6.07) is 60.2. The largest absolute Gasteiger partial charge is 0.416 e. The molecule has 3 aromatic heterocycles. The number of nitrogens with zero attached hydrogens (tertiary/aromatic N) is 7. The highest BCUT2D eigenvalue weighted by atomic mass is 19.4. The molecule has 0 aliphatic heterocycles. The summed E-state index contributed by atoms with van der Waals surface area (Å²) in [5, 5.41) is 1.62. The van der Waals surface area contributed by atoms with E-state index in [1.54, 1.807) is 6.08 Å². The zero-order chi connectivity index (χ0) is 51.3. The first-order valence-corrected chi connectivity index (χ1v) is 24.0. The van der Waals surface area contributed by atoms with Crippen LogP contribution in [0.5, 0.6) is 0 Å². The zero-order valence-corrected chi connectivity index (χ0v) is 39.5. The molecule has 75 heavy (non-hydrogen) atoms. The van der Waals surface area contributed by atoms with Gasteiger partial charge in [-0.05, 0) is 66.1 Å². The lowest BCUT2D eigenvalue weighted by molar-refractivity contribution is -0.160. The molecule has 1 atom stereocenters. The first kappa shape index (κ1) is 46.7. The average molecular weight is 996 g/mol. The number of benzene rings is 8. The number of hydrogen-bond acceptors (Lipinski definition) is 6. The summed E-state index contributed by atoms with van der Waals surface area (Å²) in [4.78, 5) is 29.8. The van der Waals surface area contributed by atoms with Crippen LogP contribution in [0.3, 0.4) is 0 Å². The molecule has 12 rings (SSSR count). The van der Waals surface area contributed by atoms with Gasteiger partial charge in [-0.25, -0.2) is 29.9 Å². The van der Waals surface area contributed by atoms with E-state index in [1.807, 2.05) is 180 Å². The molecule has 0 radical (unpaired) electrons. The molecular formula is C62H39F6N7. The van der Waals surface area contributed by atoms with E-state index in [9.17, 15) is 26.3 Å². The van der Waals surface area contributed by atoms with Gasteiger partial charge in [0.1, 0.15) is 0 Å². The Morgan fingerprint density at radius 3 is 1.28 bits per heavy atom. The molecular weight excluding hydrogens is 957 g/mol. The van der Waals surface area contributed by atoms with E-state index in [2.05, 4.69) is 0 Å². The van der Waals surface area contributed by atoms with Crippen molar-refractivity contribution in [2.75, 3.05) is 0 Å². The number of hydrogen-bond donors (Lipinski definition) is 0. The van der Waals surface area contributed by atoms with Gasteiger partial charge >= 0.3 is 12.4 Å². The van der Waals surface area contributed by atoms with E-state index in [1.165, 1.54) is 18.2 Å². The smallest absolute Gasteiger partial charge is 0.308 e. The van der Waals surface area contributed by atoms with E-state index in [4.69, 9.17) is 29.9 Å². The van der Waals surface area contributed by atoms with Crippen LogP contribution in [-0.4, -0.2) is 40.6 Å². The van der Waals surface area contributed by atoms with Crippen LogP contribution in [0.25, 0.3) is 113 Å². The Labute approximate surface area is 426 Å². The molecule has 11 aromatic rings. The van der Waals surface area contributed by atoms with E-state index in [-0.39, 0.29) is 12.2 Å². The number of allylic oxidation sites excluding steroid dienone is 4. The molecule has 8 aromatic carbocycles. The zero-order valence-electron chi connectivity index (χ0n) is 39.5. The highest BCUT2D eigenvalue weighted by Gasteiger charge is 2.38. The molecule has 13 heteroatoms. The van der Waals surface area contributed by atoms with Gasteiger partial charge in [0.2, 0.25) is 0 Å². The van der Waals surface area contributed by atoms with Crippen molar-refractivity contribution in [1.82, 2.24) is 34.5 Å². The van der Waals surface area contributed by atoms with Gasteiger partial charge in [0.25, 0.3) is 0 Å². The number of para-hydroxylation sites is 1. The first-order valence-electron chi connectivity index (χ1n) is 24.0. The van der Waals surface area contributed by atoms with Crippen LogP contribution in [0.15, 0.2) is 218 Å². The van der Waals surface area contributed by atoms with Crippen LogP contribution in [0.2, 0.25) is 0 Å². The monoisotopic (exact) mass is 995 g/mol. The minimum atomic E-state index is -4.62. The van der Waals surface area contributed by atoms with Crippen molar-refractivity contribution < 1.29 is 26.3 Å². The topological polar surface area (TPSA) is 82.3 Å². The summed E-state index contributed by atoms with van der Waals surface area (Å²) in [5.74, 6) is 0.656. The summed E-state index contributed by atoms with van der Waals surface area (Å²) >= 11 is 0. The van der Waals surface area contributed by atoms with Crippen LogP contribution in [0, 0.1) is 5.92 Å². The number of rotatable bonds is 9.